The molecule has 0 aliphatic carbocycles. The average Bonchev–Trinajstić information content (AvgIpc) is 2.48. The second-order valence-corrected chi connectivity index (χ2v) is 4.93. The largest absolute Gasteiger partial charge is 0.299 e. The number of pyridine rings is 1. The first-order valence-corrected chi connectivity index (χ1v) is 6.69. The number of Topliss-reactive ketones (excluding diaryl/α,β-unsaturated/α-hetero) is 1. The Kier molecular flexibility index (Phi) is 3.55. The molecule has 2 nitrogen and oxygen atoms in total. The van der Waals surface area contributed by atoms with Crippen LogP contribution in [0.4, 0.5) is 0 Å². The van der Waals surface area contributed by atoms with Crippen LogP contribution in [0.1, 0.15) is 11.1 Å². The van der Waals surface area contributed by atoms with Crippen LogP contribution in [0, 0.1) is 0 Å². The summed E-state index contributed by atoms with van der Waals surface area (Å²) in [5.74, 6) is 0.228. The highest BCUT2D eigenvalue weighted by Crippen LogP contribution is 2.16. The molecule has 2 aromatic carbocycles. The van der Waals surface area contributed by atoms with Crippen molar-refractivity contribution in [1.82, 2.24) is 4.98 Å². The molecule has 3 rings (SSSR count). The molecule has 0 unspecified atom stereocenters. The van der Waals surface area contributed by atoms with E-state index in [4.69, 9.17) is 0 Å². The van der Waals surface area contributed by atoms with Crippen molar-refractivity contribution in [3.63, 3.8) is 0 Å². The standard InChI is InChI=1S/C18H15NO/c20-18(12-14-7-9-19-10-8-14)13-15-5-6-16-3-1-2-4-17(16)11-15/h1-11H,12-13H2. The fourth-order valence-electron chi connectivity index (χ4n) is 2.37. The van der Waals surface area contributed by atoms with Crippen molar-refractivity contribution in [3.8, 4) is 0 Å². The van der Waals surface area contributed by atoms with Gasteiger partial charge in [0, 0.05) is 25.2 Å². The van der Waals surface area contributed by atoms with E-state index in [1.807, 2.05) is 30.3 Å². The monoisotopic (exact) mass is 261 g/mol. The number of ketones is 1. The highest BCUT2D eigenvalue weighted by atomic mass is 16.1. The van der Waals surface area contributed by atoms with E-state index in [9.17, 15) is 4.79 Å². The van der Waals surface area contributed by atoms with Crippen molar-refractivity contribution < 1.29 is 4.79 Å². The Labute approximate surface area is 118 Å². The van der Waals surface area contributed by atoms with Crippen LogP contribution < -0.4 is 0 Å². The molecule has 0 saturated carbocycles. The second-order valence-electron chi connectivity index (χ2n) is 4.93. The summed E-state index contributed by atoms with van der Waals surface area (Å²) in [6, 6.07) is 18.2. The van der Waals surface area contributed by atoms with Crippen LogP contribution in [-0.2, 0) is 17.6 Å². The van der Waals surface area contributed by atoms with Crippen molar-refractivity contribution in [1.29, 1.82) is 0 Å². The van der Waals surface area contributed by atoms with Crippen LogP contribution in [0.2, 0.25) is 0 Å². The molecule has 0 radical (unpaired) electrons. The lowest BCUT2D eigenvalue weighted by atomic mass is 10.0. The van der Waals surface area contributed by atoms with Crippen molar-refractivity contribution in [2.45, 2.75) is 12.8 Å². The SMILES string of the molecule is O=C(Cc1ccncc1)Cc1ccc2ccccc2c1. The predicted octanol–water partition coefficient (Wildman–Crippen LogP) is 3.59. The Hall–Kier alpha value is -2.48. The second kappa shape index (κ2) is 5.66. The van der Waals surface area contributed by atoms with Crippen molar-refractivity contribution >= 4 is 16.6 Å². The third kappa shape index (κ3) is 2.91. The van der Waals surface area contributed by atoms with Gasteiger partial charge in [-0.25, -0.2) is 0 Å². The van der Waals surface area contributed by atoms with Crippen molar-refractivity contribution in [2.75, 3.05) is 0 Å². The summed E-state index contributed by atoms with van der Waals surface area (Å²) >= 11 is 0. The molecule has 1 aromatic heterocycles. The first kappa shape index (κ1) is 12.5. The average molecular weight is 261 g/mol. The number of aromatic nitrogens is 1. The molecule has 2 heteroatoms. The summed E-state index contributed by atoms with van der Waals surface area (Å²) in [7, 11) is 0. The highest BCUT2D eigenvalue weighted by molar-refractivity contribution is 5.87. The molecule has 98 valence electrons. The van der Waals surface area contributed by atoms with Gasteiger partial charge in [-0.15, -0.1) is 0 Å². The van der Waals surface area contributed by atoms with Crippen LogP contribution in [0.15, 0.2) is 67.0 Å². The molecule has 0 fully saturated rings. The topological polar surface area (TPSA) is 30.0 Å². The Morgan fingerprint density at radius 3 is 2.30 bits per heavy atom. The Balaban J connectivity index is 1.74. The lowest BCUT2D eigenvalue weighted by Crippen LogP contribution is -2.06. The molecule has 0 saturated heterocycles. The Bertz CT molecular complexity index is 735. The third-order valence-electron chi connectivity index (χ3n) is 3.37. The summed E-state index contributed by atoms with van der Waals surface area (Å²) in [4.78, 5) is 16.1. The quantitative estimate of drug-likeness (QED) is 0.718. The van der Waals surface area contributed by atoms with E-state index in [0.717, 1.165) is 11.1 Å². The highest BCUT2D eigenvalue weighted by Gasteiger charge is 2.05. The van der Waals surface area contributed by atoms with Gasteiger partial charge in [-0.05, 0) is 34.0 Å². The normalized spacial score (nSPS) is 10.6. The smallest absolute Gasteiger partial charge is 0.141 e. The number of rotatable bonds is 4. The Morgan fingerprint density at radius 2 is 1.50 bits per heavy atom. The molecular weight excluding hydrogens is 246 g/mol. The zero-order valence-corrected chi connectivity index (χ0v) is 11.1. The van der Waals surface area contributed by atoms with Gasteiger partial charge in [0.25, 0.3) is 0 Å². The van der Waals surface area contributed by atoms with Gasteiger partial charge in [0.2, 0.25) is 0 Å². The van der Waals surface area contributed by atoms with Crippen LogP contribution >= 0.6 is 0 Å². The fraction of sp³-hybridized carbons (Fsp3) is 0.111. The van der Waals surface area contributed by atoms with Gasteiger partial charge in [-0.3, -0.25) is 9.78 Å². The lowest BCUT2D eigenvalue weighted by Gasteiger charge is -2.04. The first-order chi connectivity index (χ1) is 9.81. The van der Waals surface area contributed by atoms with Crippen LogP contribution in [-0.4, -0.2) is 10.8 Å². The molecule has 0 aliphatic rings. The van der Waals surface area contributed by atoms with Gasteiger partial charge in [0.15, 0.2) is 0 Å². The number of nitrogens with zero attached hydrogens (tertiary/aromatic N) is 1. The zero-order valence-electron chi connectivity index (χ0n) is 11.1. The molecule has 0 N–H and O–H groups in total. The molecule has 0 spiro atoms. The van der Waals surface area contributed by atoms with Gasteiger partial charge < -0.3 is 0 Å². The first-order valence-electron chi connectivity index (χ1n) is 6.69. The number of hydrogen-bond acceptors (Lipinski definition) is 2. The molecule has 0 atom stereocenters. The van der Waals surface area contributed by atoms with Crippen LogP contribution in [0.5, 0.6) is 0 Å². The molecule has 0 bridgehead atoms. The van der Waals surface area contributed by atoms with Gasteiger partial charge in [0.05, 0.1) is 0 Å². The van der Waals surface area contributed by atoms with E-state index in [1.165, 1.54) is 10.8 Å². The lowest BCUT2D eigenvalue weighted by molar-refractivity contribution is -0.117. The maximum absolute atomic E-state index is 12.1. The van der Waals surface area contributed by atoms with E-state index in [2.05, 4.69) is 29.2 Å². The minimum Gasteiger partial charge on any atom is -0.299 e. The van der Waals surface area contributed by atoms with Gasteiger partial charge >= 0.3 is 0 Å². The van der Waals surface area contributed by atoms with E-state index in [1.54, 1.807) is 12.4 Å². The van der Waals surface area contributed by atoms with E-state index < -0.39 is 0 Å². The third-order valence-corrected chi connectivity index (χ3v) is 3.37. The number of carbonyl (C=O) groups is 1. The van der Waals surface area contributed by atoms with Crippen LogP contribution in [0.25, 0.3) is 10.8 Å². The molecular formula is C18H15NO. The summed E-state index contributed by atoms with van der Waals surface area (Å²) in [6.07, 6.45) is 4.39. The summed E-state index contributed by atoms with van der Waals surface area (Å²) in [5, 5.41) is 2.39. The zero-order chi connectivity index (χ0) is 13.8. The van der Waals surface area contributed by atoms with Crippen molar-refractivity contribution in [3.05, 3.63) is 78.1 Å². The van der Waals surface area contributed by atoms with Gasteiger partial charge in [-0.1, -0.05) is 42.5 Å². The number of fused-ring (bicyclic) bond motifs is 1. The maximum atomic E-state index is 12.1. The molecule has 0 aliphatic heterocycles. The summed E-state index contributed by atoms with van der Waals surface area (Å²) < 4.78 is 0. The van der Waals surface area contributed by atoms with Crippen LogP contribution in [0.3, 0.4) is 0 Å². The Morgan fingerprint density at radius 1 is 0.800 bits per heavy atom. The summed E-state index contributed by atoms with van der Waals surface area (Å²) in [5.41, 5.74) is 2.09. The maximum Gasteiger partial charge on any atom is 0.141 e. The minimum atomic E-state index is 0.228. The number of hydrogen-bond donors (Lipinski definition) is 0. The van der Waals surface area contributed by atoms with E-state index in [-0.39, 0.29) is 5.78 Å². The van der Waals surface area contributed by atoms with Crippen molar-refractivity contribution in [2.24, 2.45) is 0 Å². The van der Waals surface area contributed by atoms with Gasteiger partial charge in [0.1, 0.15) is 5.78 Å². The molecule has 0 amide bonds. The van der Waals surface area contributed by atoms with Gasteiger partial charge in [-0.2, -0.15) is 0 Å². The molecule has 1 heterocycles. The predicted molar refractivity (Wildman–Crippen MR) is 80.6 cm³/mol. The van der Waals surface area contributed by atoms with E-state index >= 15 is 0 Å². The minimum absolute atomic E-state index is 0.228. The fourth-order valence-corrected chi connectivity index (χ4v) is 2.37. The summed E-state index contributed by atoms with van der Waals surface area (Å²) in [6.45, 7) is 0. The number of benzene rings is 2. The number of carbonyl (C=O) groups excluding carboxylic acids is 1. The molecule has 20 heavy (non-hydrogen) atoms. The van der Waals surface area contributed by atoms with E-state index in [0.29, 0.717) is 12.8 Å². The molecule has 3 aromatic rings.